The van der Waals surface area contributed by atoms with Crippen molar-refractivity contribution < 1.29 is 18.4 Å². The van der Waals surface area contributed by atoms with E-state index in [0.29, 0.717) is 18.1 Å². The van der Waals surface area contributed by atoms with Gasteiger partial charge in [0.25, 0.3) is 5.91 Å². The Labute approximate surface area is 181 Å². The molecule has 2 aromatic rings. The van der Waals surface area contributed by atoms with Gasteiger partial charge in [0.1, 0.15) is 6.04 Å². The summed E-state index contributed by atoms with van der Waals surface area (Å²) in [6, 6.07) is 15.6. The predicted molar refractivity (Wildman–Crippen MR) is 117 cm³/mol. The van der Waals surface area contributed by atoms with E-state index >= 15 is 0 Å². The minimum atomic E-state index is -3.47. The Bertz CT molecular complexity index is 990. The van der Waals surface area contributed by atoms with Crippen LogP contribution in [-0.4, -0.2) is 60.7 Å². The molecule has 0 aliphatic carbocycles. The van der Waals surface area contributed by atoms with Crippen LogP contribution in [0.25, 0.3) is 6.08 Å². The van der Waals surface area contributed by atoms with Crippen molar-refractivity contribution >= 4 is 33.6 Å². The van der Waals surface area contributed by atoms with E-state index in [0.717, 1.165) is 11.1 Å². The van der Waals surface area contributed by atoms with E-state index in [-0.39, 0.29) is 18.8 Å². The molecule has 0 radical (unpaired) electrons. The number of nitrogens with zero attached hydrogens (tertiary/aromatic N) is 2. The van der Waals surface area contributed by atoms with Crippen LogP contribution in [0.1, 0.15) is 17.2 Å². The fourth-order valence-corrected chi connectivity index (χ4v) is 4.95. The minimum absolute atomic E-state index is 0.112. The van der Waals surface area contributed by atoms with Gasteiger partial charge in [-0.05, 0) is 23.3 Å². The van der Waals surface area contributed by atoms with Gasteiger partial charge >= 0.3 is 0 Å². The number of hydroxylamine groups is 1. The number of carbonyl (C=O) groups is 1. The second-order valence-corrected chi connectivity index (χ2v) is 9.41. The first-order valence-electron chi connectivity index (χ1n) is 9.53. The number of nitrogens with one attached hydrogen (secondary N) is 1. The number of amides is 1. The van der Waals surface area contributed by atoms with Gasteiger partial charge in [-0.3, -0.25) is 14.9 Å². The SMILES string of the molecule is O=C(NO)C(c1ccccc1)N1CCN(S(=O)(=O)CC=Cc2cccc(Cl)c2)CC1. The lowest BCUT2D eigenvalue weighted by Crippen LogP contribution is -2.52. The number of hydrogen-bond acceptors (Lipinski definition) is 5. The molecule has 30 heavy (non-hydrogen) atoms. The average Bonchev–Trinajstić information content (AvgIpc) is 2.75. The van der Waals surface area contributed by atoms with Gasteiger partial charge in [-0.2, -0.15) is 4.31 Å². The zero-order valence-electron chi connectivity index (χ0n) is 16.3. The highest BCUT2D eigenvalue weighted by atomic mass is 35.5. The molecule has 2 N–H and O–H groups in total. The molecule has 2 aromatic carbocycles. The maximum Gasteiger partial charge on any atom is 0.265 e. The second-order valence-electron chi connectivity index (χ2n) is 6.96. The van der Waals surface area contributed by atoms with Gasteiger partial charge in [0.15, 0.2) is 0 Å². The Balaban J connectivity index is 1.62. The van der Waals surface area contributed by atoms with Gasteiger partial charge < -0.3 is 0 Å². The average molecular weight is 450 g/mol. The van der Waals surface area contributed by atoms with E-state index < -0.39 is 22.0 Å². The van der Waals surface area contributed by atoms with Crippen molar-refractivity contribution in [3.63, 3.8) is 0 Å². The van der Waals surface area contributed by atoms with Crippen molar-refractivity contribution in [2.24, 2.45) is 0 Å². The molecule has 160 valence electrons. The van der Waals surface area contributed by atoms with Crippen molar-refractivity contribution in [3.8, 4) is 0 Å². The molecular formula is C21H24ClN3O4S. The molecular weight excluding hydrogens is 426 g/mol. The zero-order valence-corrected chi connectivity index (χ0v) is 17.9. The molecule has 3 rings (SSSR count). The van der Waals surface area contributed by atoms with Crippen LogP contribution in [0.3, 0.4) is 0 Å². The Hall–Kier alpha value is -2.23. The van der Waals surface area contributed by atoms with Crippen molar-refractivity contribution in [1.82, 2.24) is 14.7 Å². The highest BCUT2D eigenvalue weighted by Gasteiger charge is 2.33. The van der Waals surface area contributed by atoms with Crippen LogP contribution >= 0.6 is 11.6 Å². The molecule has 1 amide bonds. The normalized spacial score (nSPS) is 17.1. The molecule has 1 heterocycles. The highest BCUT2D eigenvalue weighted by molar-refractivity contribution is 7.89. The summed E-state index contributed by atoms with van der Waals surface area (Å²) < 4.78 is 26.8. The number of halogens is 1. The summed E-state index contributed by atoms with van der Waals surface area (Å²) in [5.41, 5.74) is 3.30. The van der Waals surface area contributed by atoms with Crippen LogP contribution in [0.5, 0.6) is 0 Å². The van der Waals surface area contributed by atoms with Gasteiger partial charge in [-0.15, -0.1) is 0 Å². The van der Waals surface area contributed by atoms with E-state index in [9.17, 15) is 13.2 Å². The van der Waals surface area contributed by atoms with Gasteiger partial charge in [0, 0.05) is 31.2 Å². The second kappa shape index (κ2) is 10.2. The molecule has 0 bridgehead atoms. The number of benzene rings is 2. The summed E-state index contributed by atoms with van der Waals surface area (Å²) >= 11 is 5.94. The third kappa shape index (κ3) is 5.68. The Morgan fingerprint density at radius 1 is 1.10 bits per heavy atom. The van der Waals surface area contributed by atoms with Crippen molar-refractivity contribution in [2.75, 3.05) is 31.9 Å². The summed E-state index contributed by atoms with van der Waals surface area (Å²) in [5.74, 6) is -0.652. The fourth-order valence-electron chi connectivity index (χ4n) is 3.49. The molecule has 0 spiro atoms. The van der Waals surface area contributed by atoms with E-state index in [4.69, 9.17) is 16.8 Å². The van der Waals surface area contributed by atoms with E-state index in [1.165, 1.54) is 4.31 Å². The predicted octanol–water partition coefficient (Wildman–Crippen LogP) is 2.55. The van der Waals surface area contributed by atoms with Crippen LogP contribution in [0.2, 0.25) is 5.02 Å². The number of rotatable bonds is 7. The quantitative estimate of drug-likeness (QED) is 0.501. The van der Waals surface area contributed by atoms with E-state index in [2.05, 4.69) is 0 Å². The van der Waals surface area contributed by atoms with Crippen molar-refractivity contribution in [3.05, 3.63) is 76.8 Å². The lowest BCUT2D eigenvalue weighted by molar-refractivity contribution is -0.135. The highest BCUT2D eigenvalue weighted by Crippen LogP contribution is 2.23. The van der Waals surface area contributed by atoms with E-state index in [1.54, 1.807) is 35.8 Å². The lowest BCUT2D eigenvalue weighted by atomic mass is 10.0. The molecule has 1 unspecified atom stereocenters. The van der Waals surface area contributed by atoms with Gasteiger partial charge in [0.2, 0.25) is 10.0 Å². The summed E-state index contributed by atoms with van der Waals surface area (Å²) in [4.78, 5) is 14.1. The molecule has 1 saturated heterocycles. The Morgan fingerprint density at radius 3 is 2.43 bits per heavy atom. The van der Waals surface area contributed by atoms with Crippen LogP contribution in [0.15, 0.2) is 60.7 Å². The van der Waals surface area contributed by atoms with Crippen LogP contribution in [0.4, 0.5) is 0 Å². The Kier molecular flexibility index (Phi) is 7.63. The molecule has 1 atom stereocenters. The van der Waals surface area contributed by atoms with Crippen LogP contribution in [-0.2, 0) is 14.8 Å². The van der Waals surface area contributed by atoms with Crippen molar-refractivity contribution in [1.29, 1.82) is 0 Å². The summed E-state index contributed by atoms with van der Waals surface area (Å²) in [7, 11) is -3.47. The van der Waals surface area contributed by atoms with Crippen LogP contribution in [0, 0.1) is 0 Å². The third-order valence-electron chi connectivity index (χ3n) is 4.97. The maximum absolute atomic E-state index is 12.7. The molecule has 9 heteroatoms. The molecule has 1 aliphatic rings. The van der Waals surface area contributed by atoms with Crippen LogP contribution < -0.4 is 5.48 Å². The standard InChI is InChI=1S/C21H24ClN3O4S/c22-19-10-4-6-17(16-19)7-5-15-30(28,29)25-13-11-24(12-14-25)20(21(26)23-27)18-8-2-1-3-9-18/h1-10,16,20,27H,11-15H2,(H,23,26). The first kappa shape index (κ1) is 22.5. The van der Waals surface area contributed by atoms with Gasteiger partial charge in [-0.25, -0.2) is 13.9 Å². The lowest BCUT2D eigenvalue weighted by Gasteiger charge is -2.37. The smallest absolute Gasteiger partial charge is 0.265 e. The first-order chi connectivity index (χ1) is 14.4. The summed E-state index contributed by atoms with van der Waals surface area (Å²) in [6.45, 7) is 1.30. The minimum Gasteiger partial charge on any atom is -0.289 e. The number of piperazine rings is 1. The van der Waals surface area contributed by atoms with Gasteiger partial charge in [0.05, 0.1) is 5.75 Å². The zero-order chi connectivity index (χ0) is 21.6. The molecule has 1 aliphatic heterocycles. The van der Waals surface area contributed by atoms with Gasteiger partial charge in [-0.1, -0.05) is 66.2 Å². The maximum atomic E-state index is 12.7. The fraction of sp³-hybridized carbons (Fsp3) is 0.286. The molecule has 0 aromatic heterocycles. The van der Waals surface area contributed by atoms with E-state index in [1.807, 2.05) is 41.3 Å². The summed E-state index contributed by atoms with van der Waals surface area (Å²) in [6.07, 6.45) is 3.34. The number of carbonyl (C=O) groups excluding carboxylic acids is 1. The molecule has 1 fully saturated rings. The largest absolute Gasteiger partial charge is 0.289 e. The third-order valence-corrected chi connectivity index (χ3v) is 6.97. The molecule has 0 saturated carbocycles. The Morgan fingerprint density at radius 2 is 1.80 bits per heavy atom. The monoisotopic (exact) mass is 449 g/mol. The summed E-state index contributed by atoms with van der Waals surface area (Å²) in [5, 5.41) is 9.73. The first-order valence-corrected chi connectivity index (χ1v) is 11.5. The topological polar surface area (TPSA) is 89.9 Å². The molecule has 7 nitrogen and oxygen atoms in total. The number of sulfonamides is 1. The van der Waals surface area contributed by atoms with Crippen molar-refractivity contribution in [2.45, 2.75) is 6.04 Å². The number of hydrogen-bond donors (Lipinski definition) is 2.